The molecular formula is C19H36O12. The fourth-order valence-electron chi connectivity index (χ4n) is 3.63. The SMILES string of the molecule is CC(C)[C@@](O)(CCO[C@@H]1O[C@H](CO[C@H]2OC[C@](O)(CO)[C@H]2O)[C@@H](O)[C@H](O)[C@H]1O)[C@H](C)O. The van der Waals surface area contributed by atoms with E-state index >= 15 is 0 Å². The Bertz CT molecular complexity index is 552. The summed E-state index contributed by atoms with van der Waals surface area (Å²) in [6.45, 7) is 3.32. The van der Waals surface area contributed by atoms with Gasteiger partial charge in [-0.1, -0.05) is 13.8 Å². The van der Waals surface area contributed by atoms with Gasteiger partial charge in [0, 0.05) is 6.42 Å². The first-order valence-electron chi connectivity index (χ1n) is 10.3. The topological polar surface area (TPSA) is 199 Å². The quantitative estimate of drug-likeness (QED) is 0.161. The Labute approximate surface area is 180 Å². The Morgan fingerprint density at radius 2 is 1.68 bits per heavy atom. The molecule has 2 fully saturated rings. The molecule has 12 nitrogen and oxygen atoms in total. The average molecular weight is 456 g/mol. The second-order valence-electron chi connectivity index (χ2n) is 8.68. The van der Waals surface area contributed by atoms with E-state index in [2.05, 4.69) is 0 Å². The fraction of sp³-hybridized carbons (Fsp3) is 1.00. The summed E-state index contributed by atoms with van der Waals surface area (Å²) in [6, 6.07) is 0. The molecule has 0 amide bonds. The highest BCUT2D eigenvalue weighted by atomic mass is 16.7. The maximum atomic E-state index is 10.6. The van der Waals surface area contributed by atoms with Gasteiger partial charge in [-0.05, 0) is 12.8 Å². The Kier molecular flexibility index (Phi) is 9.18. The van der Waals surface area contributed by atoms with Crippen LogP contribution in [-0.4, -0.2) is 128 Å². The zero-order valence-electron chi connectivity index (χ0n) is 17.9. The second kappa shape index (κ2) is 10.6. The first kappa shape index (κ1) is 26.8. The molecule has 31 heavy (non-hydrogen) atoms. The molecule has 0 saturated carbocycles. The Balaban J connectivity index is 1.93. The predicted molar refractivity (Wildman–Crippen MR) is 102 cm³/mol. The zero-order chi connectivity index (χ0) is 23.6. The number of ether oxygens (including phenoxy) is 4. The number of hydrogen-bond acceptors (Lipinski definition) is 12. The van der Waals surface area contributed by atoms with Crippen molar-refractivity contribution >= 4 is 0 Å². The summed E-state index contributed by atoms with van der Waals surface area (Å²) in [4.78, 5) is 0. The smallest absolute Gasteiger partial charge is 0.186 e. The van der Waals surface area contributed by atoms with Crippen LogP contribution in [0.3, 0.4) is 0 Å². The summed E-state index contributed by atoms with van der Waals surface area (Å²) in [5.74, 6) is -0.280. The van der Waals surface area contributed by atoms with Gasteiger partial charge in [-0.3, -0.25) is 0 Å². The van der Waals surface area contributed by atoms with Crippen molar-refractivity contribution in [3.05, 3.63) is 0 Å². The molecule has 12 heteroatoms. The molecule has 2 saturated heterocycles. The van der Waals surface area contributed by atoms with E-state index in [-0.39, 0.29) is 25.6 Å². The third kappa shape index (κ3) is 5.72. The molecule has 2 aliphatic rings. The Morgan fingerprint density at radius 3 is 2.19 bits per heavy atom. The molecule has 0 radical (unpaired) electrons. The fourth-order valence-corrected chi connectivity index (χ4v) is 3.63. The van der Waals surface area contributed by atoms with Crippen molar-refractivity contribution < 1.29 is 59.8 Å². The van der Waals surface area contributed by atoms with E-state index in [0.717, 1.165) is 0 Å². The highest BCUT2D eigenvalue weighted by molar-refractivity contribution is 4.94. The van der Waals surface area contributed by atoms with Crippen molar-refractivity contribution in [3.8, 4) is 0 Å². The van der Waals surface area contributed by atoms with Crippen LogP contribution in [0.5, 0.6) is 0 Å². The van der Waals surface area contributed by atoms with Gasteiger partial charge < -0.3 is 59.8 Å². The minimum Gasteiger partial charge on any atom is -0.393 e. The van der Waals surface area contributed by atoms with Gasteiger partial charge in [0.1, 0.15) is 36.1 Å². The molecule has 0 aromatic heterocycles. The normalized spacial score (nSPS) is 42.0. The minimum absolute atomic E-state index is 0.0244. The monoisotopic (exact) mass is 456 g/mol. The summed E-state index contributed by atoms with van der Waals surface area (Å²) in [7, 11) is 0. The molecule has 0 unspecified atom stereocenters. The van der Waals surface area contributed by atoms with Gasteiger partial charge in [-0.2, -0.15) is 0 Å². The standard InChI is InChI=1S/C19H36O12/c1-9(2)19(27,10(3)21)4-5-28-16-14(24)13(23)12(22)11(31-16)6-29-17-15(25)18(26,7-20)8-30-17/h9-17,20-27H,4-8H2,1-3H3/t10-,11+,12+,13-,14+,15-,16+,17-,18+,19-/m0/s1. The van der Waals surface area contributed by atoms with Crippen LogP contribution in [0, 0.1) is 5.92 Å². The molecule has 8 N–H and O–H groups in total. The zero-order valence-corrected chi connectivity index (χ0v) is 17.9. The maximum Gasteiger partial charge on any atom is 0.186 e. The predicted octanol–water partition coefficient (Wildman–Crippen LogP) is -3.57. The second-order valence-corrected chi connectivity index (χ2v) is 8.68. The van der Waals surface area contributed by atoms with Crippen molar-refractivity contribution in [2.45, 2.75) is 87.6 Å². The summed E-state index contributed by atoms with van der Waals surface area (Å²) >= 11 is 0. The molecule has 0 aromatic carbocycles. The lowest BCUT2D eigenvalue weighted by atomic mass is 9.83. The van der Waals surface area contributed by atoms with E-state index in [9.17, 15) is 35.7 Å². The van der Waals surface area contributed by atoms with Gasteiger partial charge >= 0.3 is 0 Å². The molecule has 2 rings (SSSR count). The molecule has 0 bridgehead atoms. The Hall–Kier alpha value is -0.480. The summed E-state index contributed by atoms with van der Waals surface area (Å²) in [5, 5.41) is 80.0. The molecule has 0 aliphatic carbocycles. The highest BCUT2D eigenvalue weighted by Crippen LogP contribution is 2.29. The number of rotatable bonds is 10. The van der Waals surface area contributed by atoms with Crippen LogP contribution in [0.15, 0.2) is 0 Å². The first-order valence-corrected chi connectivity index (χ1v) is 10.3. The molecule has 10 atom stereocenters. The Morgan fingerprint density at radius 1 is 1.03 bits per heavy atom. The number of aliphatic hydroxyl groups excluding tert-OH is 6. The largest absolute Gasteiger partial charge is 0.393 e. The summed E-state index contributed by atoms with van der Waals surface area (Å²) in [6.07, 6.45) is -11.2. The van der Waals surface area contributed by atoms with E-state index in [1.165, 1.54) is 6.92 Å². The van der Waals surface area contributed by atoms with Crippen LogP contribution in [0.2, 0.25) is 0 Å². The van der Waals surface area contributed by atoms with E-state index in [4.69, 9.17) is 24.1 Å². The van der Waals surface area contributed by atoms with Crippen LogP contribution < -0.4 is 0 Å². The van der Waals surface area contributed by atoms with Crippen LogP contribution in [-0.2, 0) is 18.9 Å². The molecule has 2 aliphatic heterocycles. The van der Waals surface area contributed by atoms with Crippen molar-refractivity contribution in [2.24, 2.45) is 5.92 Å². The summed E-state index contributed by atoms with van der Waals surface area (Å²) < 4.78 is 21.4. The summed E-state index contributed by atoms with van der Waals surface area (Å²) in [5.41, 5.74) is -3.31. The lowest BCUT2D eigenvalue weighted by Crippen LogP contribution is -2.60. The molecule has 184 valence electrons. The molecule has 0 spiro atoms. The van der Waals surface area contributed by atoms with Gasteiger partial charge in [-0.15, -0.1) is 0 Å². The lowest BCUT2D eigenvalue weighted by Gasteiger charge is -2.41. The van der Waals surface area contributed by atoms with Crippen molar-refractivity contribution in [2.75, 3.05) is 26.4 Å². The number of hydrogen-bond donors (Lipinski definition) is 8. The van der Waals surface area contributed by atoms with Crippen molar-refractivity contribution in [3.63, 3.8) is 0 Å². The molecule has 2 heterocycles. The van der Waals surface area contributed by atoms with Crippen LogP contribution in [0.4, 0.5) is 0 Å². The van der Waals surface area contributed by atoms with E-state index < -0.39 is 73.6 Å². The lowest BCUT2D eigenvalue weighted by molar-refractivity contribution is -0.311. The van der Waals surface area contributed by atoms with Gasteiger partial charge in [-0.25, -0.2) is 0 Å². The maximum absolute atomic E-state index is 10.6. The first-order chi connectivity index (χ1) is 14.4. The van der Waals surface area contributed by atoms with Crippen LogP contribution in [0.1, 0.15) is 27.2 Å². The van der Waals surface area contributed by atoms with Crippen LogP contribution >= 0.6 is 0 Å². The third-order valence-corrected chi connectivity index (χ3v) is 6.18. The van der Waals surface area contributed by atoms with Crippen molar-refractivity contribution in [1.82, 2.24) is 0 Å². The average Bonchev–Trinajstić information content (AvgIpc) is 3.01. The van der Waals surface area contributed by atoms with Gasteiger partial charge in [0.05, 0.1) is 38.1 Å². The molecular weight excluding hydrogens is 420 g/mol. The highest BCUT2D eigenvalue weighted by Gasteiger charge is 2.50. The minimum atomic E-state index is -1.88. The van der Waals surface area contributed by atoms with Gasteiger partial charge in [0.2, 0.25) is 0 Å². The van der Waals surface area contributed by atoms with E-state index in [1.54, 1.807) is 13.8 Å². The van der Waals surface area contributed by atoms with Crippen molar-refractivity contribution in [1.29, 1.82) is 0 Å². The van der Waals surface area contributed by atoms with Crippen LogP contribution in [0.25, 0.3) is 0 Å². The molecule has 0 aromatic rings. The van der Waals surface area contributed by atoms with E-state index in [1.807, 2.05) is 0 Å². The third-order valence-electron chi connectivity index (χ3n) is 6.18. The van der Waals surface area contributed by atoms with E-state index in [0.29, 0.717) is 0 Å². The van der Waals surface area contributed by atoms with Gasteiger partial charge in [0.25, 0.3) is 0 Å². The van der Waals surface area contributed by atoms with Gasteiger partial charge in [0.15, 0.2) is 12.6 Å². The number of aliphatic hydroxyl groups is 8.